The molecule has 0 aliphatic carbocycles. The monoisotopic (exact) mass is 381 g/mol. The third-order valence-electron chi connectivity index (χ3n) is 4.56. The predicted molar refractivity (Wildman–Crippen MR) is 109 cm³/mol. The Labute approximate surface area is 165 Å². The van der Waals surface area contributed by atoms with Crippen molar-refractivity contribution in [1.82, 2.24) is 14.5 Å². The number of para-hydroxylation sites is 1. The van der Waals surface area contributed by atoms with Crippen molar-refractivity contribution in [3.63, 3.8) is 0 Å². The summed E-state index contributed by atoms with van der Waals surface area (Å²) < 4.78 is 7.46. The van der Waals surface area contributed by atoms with Gasteiger partial charge in [-0.1, -0.05) is 18.2 Å². The van der Waals surface area contributed by atoms with Crippen molar-refractivity contribution in [1.29, 1.82) is 0 Å². The second kappa shape index (κ2) is 7.12. The van der Waals surface area contributed by atoms with Crippen LogP contribution in [0.4, 0.5) is 5.82 Å². The van der Waals surface area contributed by atoms with E-state index in [0.29, 0.717) is 17.3 Å². The number of benzene rings is 2. The van der Waals surface area contributed by atoms with Gasteiger partial charge in [-0.25, -0.2) is 20.0 Å². The van der Waals surface area contributed by atoms with Gasteiger partial charge in [0.1, 0.15) is 24.4 Å². The third kappa shape index (κ3) is 3.29. The molecule has 2 bridgehead atoms. The van der Waals surface area contributed by atoms with Gasteiger partial charge in [0, 0.05) is 29.2 Å². The van der Waals surface area contributed by atoms with Crippen LogP contribution in [0.1, 0.15) is 10.5 Å². The first-order valence-corrected chi connectivity index (χ1v) is 9.05. The molecule has 3 heterocycles. The molecule has 29 heavy (non-hydrogen) atoms. The van der Waals surface area contributed by atoms with E-state index in [1.165, 1.54) is 12.5 Å². The van der Waals surface area contributed by atoms with Gasteiger partial charge in [0.15, 0.2) is 5.82 Å². The zero-order chi connectivity index (χ0) is 19.6. The Morgan fingerprint density at radius 2 is 1.93 bits per heavy atom. The van der Waals surface area contributed by atoms with E-state index >= 15 is 0 Å². The number of amides is 1. The number of rotatable bonds is 0. The van der Waals surface area contributed by atoms with Crippen molar-refractivity contribution >= 4 is 35.0 Å². The van der Waals surface area contributed by atoms with Gasteiger partial charge in [0.25, 0.3) is 5.91 Å². The van der Waals surface area contributed by atoms with Gasteiger partial charge in [-0.05, 0) is 36.4 Å². The number of carbonyl (C=O) groups is 1. The summed E-state index contributed by atoms with van der Waals surface area (Å²) in [6.45, 7) is 0.169. The van der Waals surface area contributed by atoms with Crippen LogP contribution >= 0.6 is 0 Å². The Morgan fingerprint density at radius 3 is 2.90 bits per heavy atom. The lowest BCUT2D eigenvalue weighted by Crippen LogP contribution is -2.25. The van der Waals surface area contributed by atoms with Gasteiger partial charge < -0.3 is 9.30 Å². The van der Waals surface area contributed by atoms with Crippen molar-refractivity contribution in [2.75, 3.05) is 6.61 Å². The standard InChI is InChI=1S/C22H15N5O2/c28-22-20-6-3-10-27(20)13-15-4-1-2-5-18(15)26-21-17-12-16(29-11-9-23-22)7-8-19(17)24-14-25-21/h1-10,12-14H,11H2/b15-13-,23-9?,26-18?. The molecule has 2 aromatic carbocycles. The average Bonchev–Trinajstić information content (AvgIpc) is 3.20. The largest absolute Gasteiger partial charge is 0.488 e. The minimum atomic E-state index is -0.344. The first-order chi connectivity index (χ1) is 14.3. The molecule has 0 N–H and O–H groups in total. The van der Waals surface area contributed by atoms with E-state index in [1.54, 1.807) is 22.9 Å². The smallest absolute Gasteiger partial charge is 0.293 e. The molecule has 0 unspecified atom stereocenters. The van der Waals surface area contributed by atoms with Gasteiger partial charge in [0.2, 0.25) is 0 Å². The number of carbonyl (C=O) groups excluding carboxylic acids is 1. The maximum atomic E-state index is 12.5. The maximum Gasteiger partial charge on any atom is 0.293 e. The topological polar surface area (TPSA) is 81.7 Å². The Bertz CT molecular complexity index is 1390. The summed E-state index contributed by atoms with van der Waals surface area (Å²) >= 11 is 0. The summed E-state index contributed by atoms with van der Waals surface area (Å²) in [5.41, 5.74) is 1.23. The fraction of sp³-hybridized carbons (Fsp3) is 0.0455. The van der Waals surface area contributed by atoms with Gasteiger partial charge >= 0.3 is 0 Å². The number of nitrogens with zero attached hydrogens (tertiary/aromatic N) is 5. The number of ether oxygens (including phenoxy) is 1. The fourth-order valence-corrected chi connectivity index (χ4v) is 3.17. The maximum absolute atomic E-state index is 12.5. The van der Waals surface area contributed by atoms with E-state index in [-0.39, 0.29) is 12.5 Å². The van der Waals surface area contributed by atoms with Crippen LogP contribution in [0.5, 0.6) is 5.75 Å². The molecule has 7 nitrogen and oxygen atoms in total. The summed E-state index contributed by atoms with van der Waals surface area (Å²) in [6.07, 6.45) is 6.62. The Balaban J connectivity index is 1.83. The fourth-order valence-electron chi connectivity index (χ4n) is 3.17. The number of aromatic nitrogens is 3. The zero-order valence-electron chi connectivity index (χ0n) is 15.3. The Morgan fingerprint density at radius 1 is 1.00 bits per heavy atom. The van der Waals surface area contributed by atoms with Crippen molar-refractivity contribution in [3.05, 3.63) is 83.4 Å². The number of fused-ring (bicyclic) bond motifs is 3. The normalized spacial score (nSPS) is 14.6. The van der Waals surface area contributed by atoms with Crippen molar-refractivity contribution in [2.24, 2.45) is 9.98 Å². The molecule has 4 aromatic rings. The highest BCUT2D eigenvalue weighted by molar-refractivity contribution is 5.98. The molecule has 1 aliphatic heterocycles. The van der Waals surface area contributed by atoms with Gasteiger partial charge in [0.05, 0.1) is 10.9 Å². The molecule has 0 saturated heterocycles. The van der Waals surface area contributed by atoms with Crippen LogP contribution in [-0.2, 0) is 0 Å². The van der Waals surface area contributed by atoms with Crippen LogP contribution in [0.2, 0.25) is 0 Å². The molecular weight excluding hydrogens is 366 g/mol. The van der Waals surface area contributed by atoms with E-state index in [2.05, 4.69) is 15.0 Å². The van der Waals surface area contributed by atoms with Crippen LogP contribution in [0, 0.1) is 0 Å². The Hall–Kier alpha value is -4.13. The molecule has 1 aliphatic rings. The molecule has 0 saturated carbocycles. The quantitative estimate of drug-likeness (QED) is 0.468. The molecule has 0 atom stereocenters. The molecule has 7 heteroatoms. The van der Waals surface area contributed by atoms with E-state index in [4.69, 9.17) is 9.73 Å². The first kappa shape index (κ1) is 17.0. The molecule has 2 aromatic heterocycles. The van der Waals surface area contributed by atoms with Crippen LogP contribution in [0.15, 0.2) is 77.1 Å². The SMILES string of the molecule is O=C1N=CCOc2ccc3ncnc(c3c2)N=c2cccc/c2=C/n2cccc21. The molecule has 0 radical (unpaired) electrons. The van der Waals surface area contributed by atoms with Crippen molar-refractivity contribution in [3.8, 4) is 5.75 Å². The van der Waals surface area contributed by atoms with Crippen LogP contribution in [0.3, 0.4) is 0 Å². The summed E-state index contributed by atoms with van der Waals surface area (Å²) in [7, 11) is 0. The highest BCUT2D eigenvalue weighted by Crippen LogP contribution is 2.25. The third-order valence-corrected chi connectivity index (χ3v) is 4.56. The first-order valence-electron chi connectivity index (χ1n) is 9.05. The summed E-state index contributed by atoms with van der Waals surface area (Å²) in [4.78, 5) is 30.0. The minimum absolute atomic E-state index is 0.169. The second-order valence-corrected chi connectivity index (χ2v) is 6.40. The Kier molecular flexibility index (Phi) is 4.18. The predicted octanol–water partition coefficient (Wildman–Crippen LogP) is 2.27. The van der Waals surface area contributed by atoms with Crippen molar-refractivity contribution < 1.29 is 9.53 Å². The molecule has 0 spiro atoms. The van der Waals surface area contributed by atoms with Crippen LogP contribution < -0.4 is 15.3 Å². The molecule has 0 fully saturated rings. The van der Waals surface area contributed by atoms with E-state index < -0.39 is 0 Å². The van der Waals surface area contributed by atoms with Gasteiger partial charge in [-0.15, -0.1) is 0 Å². The van der Waals surface area contributed by atoms with Crippen LogP contribution in [-0.4, -0.2) is 33.3 Å². The lowest BCUT2D eigenvalue weighted by atomic mass is 10.2. The molecule has 1 amide bonds. The number of hydrogen-bond donors (Lipinski definition) is 0. The van der Waals surface area contributed by atoms with E-state index in [9.17, 15) is 4.79 Å². The lowest BCUT2D eigenvalue weighted by molar-refractivity contribution is 0.0997. The van der Waals surface area contributed by atoms with Crippen LogP contribution in [0.25, 0.3) is 17.1 Å². The molecular formula is C22H15N5O2. The van der Waals surface area contributed by atoms with Gasteiger partial charge in [-0.3, -0.25) is 4.79 Å². The van der Waals surface area contributed by atoms with E-state index in [0.717, 1.165) is 21.5 Å². The highest BCUT2D eigenvalue weighted by Gasteiger charge is 2.09. The summed E-state index contributed by atoms with van der Waals surface area (Å²) in [5, 5.41) is 2.35. The minimum Gasteiger partial charge on any atom is -0.488 e. The zero-order valence-corrected chi connectivity index (χ0v) is 15.3. The number of hydrogen-bond acceptors (Lipinski definition) is 5. The highest BCUT2D eigenvalue weighted by atomic mass is 16.5. The van der Waals surface area contributed by atoms with Gasteiger partial charge in [-0.2, -0.15) is 0 Å². The summed E-state index contributed by atoms with van der Waals surface area (Å²) in [6, 6.07) is 16.7. The van der Waals surface area contributed by atoms with Crippen molar-refractivity contribution in [2.45, 2.75) is 0 Å². The molecule has 140 valence electrons. The summed E-state index contributed by atoms with van der Waals surface area (Å²) in [5.74, 6) is 0.832. The lowest BCUT2D eigenvalue weighted by Gasteiger charge is -2.05. The number of aliphatic imine (C=N–C) groups is 1. The molecule has 5 rings (SSSR count). The average molecular weight is 381 g/mol. The van der Waals surface area contributed by atoms with E-state index in [1.807, 2.05) is 48.7 Å². The second-order valence-electron chi connectivity index (χ2n) is 6.40.